The lowest BCUT2D eigenvalue weighted by molar-refractivity contribution is -0.308. The molecule has 1 N–H and O–H groups in total. The van der Waals surface area contributed by atoms with E-state index in [-0.39, 0.29) is 31.8 Å². The summed E-state index contributed by atoms with van der Waals surface area (Å²) in [6.07, 6.45) is -15.6. The van der Waals surface area contributed by atoms with Crippen LogP contribution < -0.4 is 0 Å². The lowest BCUT2D eigenvalue weighted by Gasteiger charge is -2.44. The fourth-order valence-electron chi connectivity index (χ4n) is 4.94. The quantitative estimate of drug-likeness (QED) is 0.589. The summed E-state index contributed by atoms with van der Waals surface area (Å²) in [5.41, 5.74) is 1.62. The predicted octanol–water partition coefficient (Wildman–Crippen LogP) is 5.18. The summed E-state index contributed by atoms with van der Waals surface area (Å²) < 4.78 is 80.2. The number of aromatic amines is 1. The zero-order chi connectivity index (χ0) is 24.9. The number of nitrogens with zero attached hydrogens (tertiary/aromatic N) is 2. The molecule has 2 amide bonds. The van der Waals surface area contributed by atoms with Crippen LogP contribution in [0.25, 0.3) is 10.9 Å². The van der Waals surface area contributed by atoms with Crippen LogP contribution in [-0.4, -0.2) is 70.4 Å². The van der Waals surface area contributed by atoms with Gasteiger partial charge in [0.25, 0.3) is 12.0 Å². The number of alkyl halides is 6. The molecule has 1 aromatic carbocycles. The van der Waals surface area contributed by atoms with Crippen LogP contribution in [0.1, 0.15) is 41.7 Å². The SMILES string of the molecule is Cc1cccc2cc(C(=O)N3CCCC34CCN(C(=O)OC(C(F)(F)F)C(F)(F)F)CC4)[nH]c12. The number of piperidine rings is 1. The second kappa shape index (κ2) is 8.38. The van der Waals surface area contributed by atoms with Crippen molar-refractivity contribution in [2.45, 2.75) is 56.6 Å². The Hall–Kier alpha value is -2.92. The van der Waals surface area contributed by atoms with Crippen LogP contribution in [0.15, 0.2) is 24.3 Å². The number of rotatable bonds is 2. The topological polar surface area (TPSA) is 65.6 Å². The fraction of sp³-hybridized carbons (Fsp3) is 0.545. The number of hydrogen-bond donors (Lipinski definition) is 1. The number of amides is 2. The maximum atomic E-state index is 13.3. The van der Waals surface area contributed by atoms with E-state index in [1.807, 2.05) is 25.1 Å². The highest BCUT2D eigenvalue weighted by molar-refractivity contribution is 5.99. The normalized spacial score (nSPS) is 18.8. The second-order valence-electron chi connectivity index (χ2n) is 8.84. The number of para-hydroxylation sites is 1. The first kappa shape index (κ1) is 24.2. The molecule has 34 heavy (non-hydrogen) atoms. The number of aromatic nitrogens is 1. The van der Waals surface area contributed by atoms with E-state index in [0.29, 0.717) is 25.1 Å². The molecule has 2 aliphatic heterocycles. The lowest BCUT2D eigenvalue weighted by atomic mass is 9.85. The molecule has 2 aliphatic rings. The number of fused-ring (bicyclic) bond motifs is 1. The Labute approximate surface area is 190 Å². The standard InChI is InChI=1S/C22H23F6N3O3/c1-13-4-2-5-14-12-15(29-16(13)14)17(32)31-9-3-6-20(31)7-10-30(11-8-20)19(33)34-18(21(23,24)25)22(26,27)28/h2,4-5,12,18,29H,3,6-11H2,1H3. The Bertz CT molecular complexity index is 1070. The number of H-pyrrole nitrogens is 1. The van der Waals surface area contributed by atoms with Crippen LogP contribution >= 0.6 is 0 Å². The Morgan fingerprint density at radius 2 is 1.68 bits per heavy atom. The summed E-state index contributed by atoms with van der Waals surface area (Å²) in [4.78, 5) is 31.1. The van der Waals surface area contributed by atoms with Crippen molar-refractivity contribution in [3.8, 4) is 0 Å². The highest BCUT2D eigenvalue weighted by atomic mass is 19.4. The molecular formula is C22H23F6N3O3. The van der Waals surface area contributed by atoms with Gasteiger partial charge in [-0.05, 0) is 44.2 Å². The number of ether oxygens (including phenoxy) is 1. The van der Waals surface area contributed by atoms with Crippen LogP contribution in [0.2, 0.25) is 0 Å². The van der Waals surface area contributed by atoms with Crippen LogP contribution in [0, 0.1) is 6.92 Å². The minimum absolute atomic E-state index is 0.114. The number of aryl methyl sites for hydroxylation is 1. The fourth-order valence-corrected chi connectivity index (χ4v) is 4.94. The van der Waals surface area contributed by atoms with Gasteiger partial charge >= 0.3 is 18.4 Å². The average molecular weight is 491 g/mol. The molecule has 2 aromatic rings. The first-order chi connectivity index (χ1) is 15.8. The number of nitrogens with one attached hydrogen (secondary N) is 1. The van der Waals surface area contributed by atoms with E-state index in [4.69, 9.17) is 0 Å². The summed E-state index contributed by atoms with van der Waals surface area (Å²) in [7, 11) is 0. The number of hydrogen-bond acceptors (Lipinski definition) is 3. The molecular weight excluding hydrogens is 468 g/mol. The van der Waals surface area contributed by atoms with E-state index in [9.17, 15) is 35.9 Å². The van der Waals surface area contributed by atoms with Crippen molar-refractivity contribution in [3.05, 3.63) is 35.5 Å². The highest BCUT2D eigenvalue weighted by Gasteiger charge is 2.60. The molecule has 4 rings (SSSR count). The average Bonchev–Trinajstić information content (AvgIpc) is 3.36. The number of carbonyl (C=O) groups excluding carboxylic acids is 2. The molecule has 0 aliphatic carbocycles. The van der Waals surface area contributed by atoms with E-state index < -0.39 is 30.1 Å². The second-order valence-corrected chi connectivity index (χ2v) is 8.84. The molecule has 0 bridgehead atoms. The molecule has 0 saturated carbocycles. The van der Waals surface area contributed by atoms with Crippen LogP contribution in [0.5, 0.6) is 0 Å². The molecule has 2 saturated heterocycles. The minimum Gasteiger partial charge on any atom is -0.426 e. The van der Waals surface area contributed by atoms with Crippen LogP contribution in [-0.2, 0) is 4.74 Å². The van der Waals surface area contributed by atoms with Gasteiger partial charge in [-0.15, -0.1) is 0 Å². The van der Waals surface area contributed by atoms with Gasteiger partial charge in [0.1, 0.15) is 5.69 Å². The number of benzene rings is 1. The van der Waals surface area contributed by atoms with E-state index in [0.717, 1.165) is 21.4 Å². The van der Waals surface area contributed by atoms with Gasteiger partial charge in [-0.25, -0.2) is 4.79 Å². The Balaban J connectivity index is 1.45. The van der Waals surface area contributed by atoms with Crippen LogP contribution in [0.4, 0.5) is 31.1 Å². The van der Waals surface area contributed by atoms with Gasteiger partial charge < -0.3 is 19.5 Å². The van der Waals surface area contributed by atoms with E-state index in [1.54, 1.807) is 11.0 Å². The third-order valence-electron chi connectivity index (χ3n) is 6.70. The summed E-state index contributed by atoms with van der Waals surface area (Å²) in [6.45, 7) is 2.16. The van der Waals surface area contributed by atoms with Crippen LogP contribution in [0.3, 0.4) is 0 Å². The van der Waals surface area contributed by atoms with Crippen molar-refractivity contribution in [1.82, 2.24) is 14.8 Å². The van der Waals surface area contributed by atoms with Crippen molar-refractivity contribution >= 4 is 22.9 Å². The maximum Gasteiger partial charge on any atom is 0.434 e. The van der Waals surface area contributed by atoms with Gasteiger partial charge in [-0.2, -0.15) is 26.3 Å². The zero-order valence-electron chi connectivity index (χ0n) is 18.2. The monoisotopic (exact) mass is 491 g/mol. The first-order valence-electron chi connectivity index (χ1n) is 10.8. The predicted molar refractivity (Wildman–Crippen MR) is 109 cm³/mol. The summed E-state index contributed by atoms with van der Waals surface area (Å²) in [6, 6.07) is 7.45. The maximum absolute atomic E-state index is 13.3. The van der Waals surface area contributed by atoms with Gasteiger partial charge in [-0.3, -0.25) is 4.79 Å². The minimum atomic E-state index is -5.77. The molecule has 0 radical (unpaired) electrons. The van der Waals surface area contributed by atoms with Crippen molar-refractivity contribution < 1.29 is 40.7 Å². The summed E-state index contributed by atoms with van der Waals surface area (Å²) >= 11 is 0. The molecule has 2 fully saturated rings. The molecule has 12 heteroatoms. The van der Waals surface area contributed by atoms with E-state index in [1.165, 1.54) is 0 Å². The van der Waals surface area contributed by atoms with Gasteiger partial charge in [-0.1, -0.05) is 18.2 Å². The molecule has 0 atom stereocenters. The Morgan fingerprint density at radius 1 is 1.03 bits per heavy atom. The largest absolute Gasteiger partial charge is 0.434 e. The summed E-state index contributed by atoms with van der Waals surface area (Å²) in [5, 5.41) is 0.887. The molecule has 1 spiro atoms. The number of carbonyl (C=O) groups is 2. The zero-order valence-corrected chi connectivity index (χ0v) is 18.2. The van der Waals surface area contributed by atoms with Gasteiger partial charge in [0.15, 0.2) is 0 Å². The third kappa shape index (κ3) is 4.41. The van der Waals surface area contributed by atoms with E-state index >= 15 is 0 Å². The molecule has 6 nitrogen and oxygen atoms in total. The Kier molecular flexibility index (Phi) is 5.97. The lowest BCUT2D eigenvalue weighted by Crippen LogP contribution is -2.56. The number of likely N-dealkylation sites (tertiary alicyclic amines) is 2. The molecule has 186 valence electrons. The Morgan fingerprint density at radius 3 is 2.26 bits per heavy atom. The molecule has 0 unspecified atom stereocenters. The third-order valence-corrected chi connectivity index (χ3v) is 6.70. The van der Waals surface area contributed by atoms with Crippen molar-refractivity contribution in [1.29, 1.82) is 0 Å². The van der Waals surface area contributed by atoms with Crippen molar-refractivity contribution in [2.24, 2.45) is 0 Å². The first-order valence-corrected chi connectivity index (χ1v) is 10.8. The summed E-state index contributed by atoms with van der Waals surface area (Å²) in [5.74, 6) is -0.224. The van der Waals surface area contributed by atoms with Gasteiger partial charge in [0.05, 0.1) is 0 Å². The van der Waals surface area contributed by atoms with Crippen molar-refractivity contribution in [3.63, 3.8) is 0 Å². The number of halogens is 6. The highest BCUT2D eigenvalue weighted by Crippen LogP contribution is 2.41. The van der Waals surface area contributed by atoms with E-state index in [2.05, 4.69) is 9.72 Å². The van der Waals surface area contributed by atoms with Gasteiger partial charge in [0.2, 0.25) is 0 Å². The molecule has 3 heterocycles. The van der Waals surface area contributed by atoms with Crippen molar-refractivity contribution in [2.75, 3.05) is 19.6 Å². The van der Waals surface area contributed by atoms with Gasteiger partial charge in [0, 0.05) is 36.1 Å². The smallest absolute Gasteiger partial charge is 0.426 e. The molecule has 1 aromatic heterocycles.